The highest BCUT2D eigenvalue weighted by Gasteiger charge is 2.19. The van der Waals surface area contributed by atoms with Crippen LogP contribution in [0.3, 0.4) is 0 Å². The second-order valence-electron chi connectivity index (χ2n) is 4.89. The van der Waals surface area contributed by atoms with Crippen LogP contribution < -0.4 is 5.32 Å². The lowest BCUT2D eigenvalue weighted by molar-refractivity contribution is 0.456. The normalized spacial score (nSPS) is 11.8. The summed E-state index contributed by atoms with van der Waals surface area (Å²) in [6.45, 7) is 8.65. The zero-order valence-electron chi connectivity index (χ0n) is 10.5. The fourth-order valence-corrected chi connectivity index (χ4v) is 1.75. The Morgan fingerprint density at radius 1 is 1.12 bits per heavy atom. The summed E-state index contributed by atoms with van der Waals surface area (Å²) < 4.78 is 12.8. The van der Waals surface area contributed by atoms with E-state index in [2.05, 4.69) is 26.1 Å². The summed E-state index contributed by atoms with van der Waals surface area (Å²) in [6.07, 6.45) is 2.23. The molecular weight excluding hydrogens is 201 g/mol. The molecule has 1 aromatic rings. The summed E-state index contributed by atoms with van der Waals surface area (Å²) in [4.78, 5) is 0. The van der Waals surface area contributed by atoms with Crippen molar-refractivity contribution in [2.45, 2.75) is 39.0 Å². The molecule has 1 aromatic carbocycles. The number of nitrogens with one attached hydrogen (secondary N) is 1. The van der Waals surface area contributed by atoms with E-state index >= 15 is 0 Å². The molecule has 2 heteroatoms. The third kappa shape index (κ3) is 3.93. The van der Waals surface area contributed by atoms with E-state index in [4.69, 9.17) is 0 Å². The van der Waals surface area contributed by atoms with E-state index < -0.39 is 0 Å². The maximum absolute atomic E-state index is 12.8. The van der Waals surface area contributed by atoms with E-state index in [1.165, 1.54) is 17.7 Å². The zero-order valence-corrected chi connectivity index (χ0v) is 10.5. The molecule has 0 aromatic heterocycles. The Hall–Kier alpha value is -0.890. The van der Waals surface area contributed by atoms with E-state index in [0.717, 1.165) is 25.9 Å². The van der Waals surface area contributed by atoms with Gasteiger partial charge < -0.3 is 5.32 Å². The number of hydrogen-bond donors (Lipinski definition) is 1. The molecule has 0 saturated heterocycles. The van der Waals surface area contributed by atoms with Gasteiger partial charge in [-0.2, -0.15) is 0 Å². The molecule has 1 nitrogen and oxygen atoms in total. The lowest BCUT2D eigenvalue weighted by Crippen LogP contribution is -2.25. The third-order valence-electron chi connectivity index (χ3n) is 2.98. The van der Waals surface area contributed by atoms with Crippen molar-refractivity contribution in [1.82, 2.24) is 5.32 Å². The summed E-state index contributed by atoms with van der Waals surface area (Å²) >= 11 is 0. The Morgan fingerprint density at radius 3 is 2.31 bits per heavy atom. The Balaban J connectivity index is 2.52. The molecule has 16 heavy (non-hydrogen) atoms. The third-order valence-corrected chi connectivity index (χ3v) is 2.98. The second kappa shape index (κ2) is 6.00. The highest BCUT2D eigenvalue weighted by atomic mass is 19.1. The molecule has 0 amide bonds. The van der Waals surface area contributed by atoms with E-state index in [1.54, 1.807) is 0 Å². The molecule has 0 saturated carbocycles. The molecular formula is C14H22FN. The summed E-state index contributed by atoms with van der Waals surface area (Å²) in [5.74, 6) is -0.163. The molecule has 0 unspecified atom stereocenters. The van der Waals surface area contributed by atoms with Crippen molar-refractivity contribution in [3.8, 4) is 0 Å². The van der Waals surface area contributed by atoms with Gasteiger partial charge in [0, 0.05) is 0 Å². The highest BCUT2D eigenvalue weighted by Crippen LogP contribution is 2.26. The van der Waals surface area contributed by atoms with Crippen LogP contribution in [0.4, 0.5) is 4.39 Å². The maximum Gasteiger partial charge on any atom is 0.123 e. The Morgan fingerprint density at radius 2 is 1.75 bits per heavy atom. The number of benzene rings is 1. The van der Waals surface area contributed by atoms with Crippen LogP contribution >= 0.6 is 0 Å². The molecule has 0 spiro atoms. The predicted molar refractivity (Wildman–Crippen MR) is 67.2 cm³/mol. The van der Waals surface area contributed by atoms with Crippen molar-refractivity contribution in [3.63, 3.8) is 0 Å². The van der Waals surface area contributed by atoms with Gasteiger partial charge >= 0.3 is 0 Å². The standard InChI is InChI=1S/C14H22FN/c1-4-10-16-11-9-14(2,3)12-5-7-13(15)8-6-12/h5-8,16H,4,9-11H2,1-3H3. The lowest BCUT2D eigenvalue weighted by atomic mass is 9.81. The van der Waals surface area contributed by atoms with Crippen LogP contribution in [-0.4, -0.2) is 13.1 Å². The van der Waals surface area contributed by atoms with Crippen molar-refractivity contribution < 1.29 is 4.39 Å². The molecule has 0 aliphatic rings. The molecule has 0 bridgehead atoms. The molecule has 0 radical (unpaired) electrons. The van der Waals surface area contributed by atoms with Gasteiger partial charge in [0.05, 0.1) is 0 Å². The fourth-order valence-electron chi connectivity index (χ4n) is 1.75. The Kier molecular flexibility index (Phi) is 4.94. The van der Waals surface area contributed by atoms with Crippen molar-refractivity contribution >= 4 is 0 Å². The van der Waals surface area contributed by atoms with Crippen LogP contribution in [0.2, 0.25) is 0 Å². The molecule has 0 aliphatic heterocycles. The molecule has 0 fully saturated rings. The first-order valence-corrected chi connectivity index (χ1v) is 6.03. The van der Waals surface area contributed by atoms with Crippen molar-refractivity contribution in [2.75, 3.05) is 13.1 Å². The summed E-state index contributed by atoms with van der Waals surface area (Å²) in [7, 11) is 0. The van der Waals surface area contributed by atoms with Gasteiger partial charge in [-0.1, -0.05) is 32.9 Å². The predicted octanol–water partition coefficient (Wildman–Crippen LogP) is 3.49. The van der Waals surface area contributed by atoms with Gasteiger partial charge in [-0.05, 0) is 49.0 Å². The molecule has 90 valence electrons. The Labute approximate surface area is 98.1 Å². The minimum absolute atomic E-state index is 0.106. The topological polar surface area (TPSA) is 12.0 Å². The molecule has 1 rings (SSSR count). The number of hydrogen-bond acceptors (Lipinski definition) is 1. The van der Waals surface area contributed by atoms with E-state index in [0.29, 0.717) is 0 Å². The quantitative estimate of drug-likeness (QED) is 0.728. The minimum Gasteiger partial charge on any atom is -0.317 e. The maximum atomic E-state index is 12.8. The smallest absolute Gasteiger partial charge is 0.123 e. The average molecular weight is 223 g/mol. The van der Waals surface area contributed by atoms with Gasteiger partial charge in [-0.15, -0.1) is 0 Å². The van der Waals surface area contributed by atoms with Crippen molar-refractivity contribution in [2.24, 2.45) is 0 Å². The zero-order chi connectivity index (χ0) is 12.0. The van der Waals surface area contributed by atoms with Crippen LogP contribution in [0.1, 0.15) is 39.2 Å². The lowest BCUT2D eigenvalue weighted by Gasteiger charge is -2.25. The van der Waals surface area contributed by atoms with Crippen molar-refractivity contribution in [3.05, 3.63) is 35.6 Å². The van der Waals surface area contributed by atoms with Gasteiger partial charge in [0.25, 0.3) is 0 Å². The van der Waals surface area contributed by atoms with Gasteiger partial charge in [0.15, 0.2) is 0 Å². The SMILES string of the molecule is CCCNCCC(C)(C)c1ccc(F)cc1. The summed E-state index contributed by atoms with van der Waals surface area (Å²) in [5.41, 5.74) is 1.31. The van der Waals surface area contributed by atoms with Gasteiger partial charge in [0.2, 0.25) is 0 Å². The highest BCUT2D eigenvalue weighted by molar-refractivity contribution is 5.24. The van der Waals surface area contributed by atoms with E-state index in [9.17, 15) is 4.39 Å². The first-order chi connectivity index (χ1) is 7.56. The van der Waals surface area contributed by atoms with Crippen LogP contribution in [-0.2, 0) is 5.41 Å². The molecule has 0 heterocycles. The van der Waals surface area contributed by atoms with Crippen molar-refractivity contribution in [1.29, 1.82) is 0 Å². The molecule has 0 atom stereocenters. The van der Waals surface area contributed by atoms with E-state index in [1.807, 2.05) is 12.1 Å². The summed E-state index contributed by atoms with van der Waals surface area (Å²) in [5, 5.41) is 3.40. The minimum atomic E-state index is -0.163. The van der Waals surface area contributed by atoms with Gasteiger partial charge in [0.1, 0.15) is 5.82 Å². The largest absolute Gasteiger partial charge is 0.317 e. The van der Waals surface area contributed by atoms with Crippen LogP contribution in [0.5, 0.6) is 0 Å². The summed E-state index contributed by atoms with van der Waals surface area (Å²) in [6, 6.07) is 6.84. The number of halogens is 1. The van der Waals surface area contributed by atoms with Gasteiger partial charge in [-0.3, -0.25) is 0 Å². The van der Waals surface area contributed by atoms with Crippen LogP contribution in [0.15, 0.2) is 24.3 Å². The first-order valence-electron chi connectivity index (χ1n) is 6.03. The monoisotopic (exact) mass is 223 g/mol. The molecule has 0 aliphatic carbocycles. The van der Waals surface area contributed by atoms with Crippen LogP contribution in [0, 0.1) is 5.82 Å². The number of rotatable bonds is 6. The Bertz CT molecular complexity index is 303. The fraction of sp³-hybridized carbons (Fsp3) is 0.571. The van der Waals surface area contributed by atoms with E-state index in [-0.39, 0.29) is 11.2 Å². The second-order valence-corrected chi connectivity index (χ2v) is 4.89. The average Bonchev–Trinajstić information content (AvgIpc) is 2.25. The van der Waals surface area contributed by atoms with Crippen LogP contribution in [0.25, 0.3) is 0 Å². The van der Waals surface area contributed by atoms with Gasteiger partial charge in [-0.25, -0.2) is 4.39 Å². The first kappa shape index (κ1) is 13.2. The molecule has 1 N–H and O–H groups in total.